The summed E-state index contributed by atoms with van der Waals surface area (Å²) >= 11 is 0. The molecule has 0 aromatic carbocycles. The number of rotatable bonds is 68. The van der Waals surface area contributed by atoms with Gasteiger partial charge in [-0.25, -0.2) is 4.79 Å². The first-order valence-electron chi connectivity index (χ1n) is 38.2. The Hall–Kier alpha value is -6.13. The van der Waals surface area contributed by atoms with Gasteiger partial charge in [0.2, 0.25) is 0 Å². The Morgan fingerprint density at radius 1 is 0.309 bits per heavy atom. The van der Waals surface area contributed by atoms with Crippen LogP contribution in [0.25, 0.3) is 0 Å². The van der Waals surface area contributed by atoms with E-state index in [0.29, 0.717) is 17.4 Å². The molecule has 0 amide bonds. The van der Waals surface area contributed by atoms with Crippen molar-refractivity contribution in [3.63, 3.8) is 0 Å². The predicted octanol–water partition coefficient (Wildman–Crippen LogP) is 24.7. The molecule has 9 heteroatoms. The van der Waals surface area contributed by atoms with Crippen LogP contribution in [0.15, 0.2) is 207 Å². The van der Waals surface area contributed by atoms with Gasteiger partial charge in [0, 0.05) is 12.8 Å². The van der Waals surface area contributed by atoms with E-state index in [1.54, 1.807) is 0 Å². The van der Waals surface area contributed by atoms with Crippen LogP contribution in [-0.2, 0) is 33.3 Å². The third kappa shape index (κ3) is 77.1. The smallest absolute Gasteiger partial charge is 0.361 e. The van der Waals surface area contributed by atoms with E-state index in [0.717, 1.165) is 167 Å². The van der Waals surface area contributed by atoms with Gasteiger partial charge in [-0.1, -0.05) is 317 Å². The van der Waals surface area contributed by atoms with Gasteiger partial charge in [-0.15, -0.1) is 0 Å². The number of hydrogen-bond acceptors (Lipinski definition) is 7. The first-order valence-corrected chi connectivity index (χ1v) is 38.2. The first kappa shape index (κ1) is 90.9. The number of nitrogens with zero attached hydrogens (tertiary/aromatic N) is 1. The molecule has 0 aliphatic rings. The van der Waals surface area contributed by atoms with Gasteiger partial charge >= 0.3 is 17.9 Å². The summed E-state index contributed by atoms with van der Waals surface area (Å²) in [4.78, 5) is 37.7. The molecule has 9 nitrogen and oxygen atoms in total. The molecule has 1 N–H and O–H groups in total. The second kappa shape index (κ2) is 75.6. The summed E-state index contributed by atoms with van der Waals surface area (Å²) in [7, 11) is 5.96. The number of unbranched alkanes of at least 4 members (excludes halogenated alkanes) is 19. The third-order valence-electron chi connectivity index (χ3n) is 15.5. The maximum absolute atomic E-state index is 13.0. The van der Waals surface area contributed by atoms with Gasteiger partial charge < -0.3 is 28.5 Å². The summed E-state index contributed by atoms with van der Waals surface area (Å²) in [6, 6.07) is 0. The zero-order valence-corrected chi connectivity index (χ0v) is 62.1. The van der Waals surface area contributed by atoms with E-state index >= 15 is 0 Å². The number of hydrogen-bond donors (Lipinski definition) is 1. The van der Waals surface area contributed by atoms with Gasteiger partial charge in [-0.05, 0) is 148 Å². The molecule has 2 unspecified atom stereocenters. The average Bonchev–Trinajstić information content (AvgIpc) is 3.11. The van der Waals surface area contributed by atoms with Gasteiger partial charge in [-0.3, -0.25) is 9.59 Å². The van der Waals surface area contributed by atoms with E-state index in [1.807, 2.05) is 21.1 Å². The predicted molar refractivity (Wildman–Crippen MR) is 418 cm³/mol. The van der Waals surface area contributed by atoms with Crippen molar-refractivity contribution in [1.82, 2.24) is 0 Å². The number of quaternary nitrogens is 1. The van der Waals surface area contributed by atoms with Crippen molar-refractivity contribution < 1.29 is 42.9 Å². The minimum absolute atomic E-state index is 0.175. The molecule has 97 heavy (non-hydrogen) atoms. The fourth-order valence-corrected chi connectivity index (χ4v) is 9.79. The van der Waals surface area contributed by atoms with Crippen LogP contribution < -0.4 is 0 Å². The molecule has 0 aromatic heterocycles. The van der Waals surface area contributed by atoms with Crippen LogP contribution in [0.2, 0.25) is 0 Å². The standard InChI is InChI=1S/C88H139NO8/c1-6-8-10-12-14-16-18-20-22-24-26-28-30-32-34-36-38-40-42-43-45-47-49-51-53-55-57-59-61-63-65-67-69-71-73-75-77-79-86(91)97-84(83-96-88(87(92)93)94-81-80-89(3,4)5)82-95-85(90)78-76-74-72-70-68-66-64-62-60-58-56-54-52-50-48-46-44-41-39-37-35-33-31-29-27-25-23-21-19-17-15-13-11-9-7-2/h8-11,14-17,20-23,26-29,32-35,38-41,43,45-46,48-49,51-52,54-55,57,84,88H,6-7,12-13,18-19,24-25,30-31,36-37,42,44,47,50,53,56,58-83H2,1-5H3/p+1/b10-8-,11-9-,16-14-,17-15-,22-20-,23-21-,28-26-,29-27-,34-32-,35-33-,40-38-,41-39-,45-43-,48-46-,51-49-,54-52-,57-55-. The Morgan fingerprint density at radius 2 is 0.557 bits per heavy atom. The molecule has 0 bridgehead atoms. The lowest BCUT2D eigenvalue weighted by molar-refractivity contribution is -0.870. The van der Waals surface area contributed by atoms with Crippen LogP contribution >= 0.6 is 0 Å². The van der Waals surface area contributed by atoms with Crippen LogP contribution in [0.5, 0.6) is 0 Å². The van der Waals surface area contributed by atoms with Gasteiger partial charge in [0.05, 0.1) is 34.4 Å². The number of carboxylic acid groups (broad SMARTS) is 1. The second-order valence-corrected chi connectivity index (χ2v) is 25.8. The molecule has 0 aromatic rings. The first-order chi connectivity index (χ1) is 47.6. The average molecular weight is 1340 g/mol. The van der Waals surface area contributed by atoms with Crippen molar-refractivity contribution in [3.8, 4) is 0 Å². The number of esters is 2. The van der Waals surface area contributed by atoms with E-state index in [2.05, 4.69) is 220 Å². The Kier molecular flexibility index (Phi) is 70.9. The Balaban J connectivity index is 4.18. The van der Waals surface area contributed by atoms with Crippen molar-refractivity contribution in [1.29, 1.82) is 0 Å². The van der Waals surface area contributed by atoms with Crippen LogP contribution in [0.4, 0.5) is 0 Å². The topological polar surface area (TPSA) is 108 Å². The monoisotopic (exact) mass is 1340 g/mol. The highest BCUT2D eigenvalue weighted by atomic mass is 16.7. The minimum atomic E-state index is -1.53. The van der Waals surface area contributed by atoms with Crippen molar-refractivity contribution in [2.45, 2.75) is 283 Å². The van der Waals surface area contributed by atoms with Crippen LogP contribution in [0, 0.1) is 0 Å². The van der Waals surface area contributed by atoms with E-state index in [-0.39, 0.29) is 38.6 Å². The molecular formula is C88H140NO8+. The Morgan fingerprint density at radius 3 is 0.825 bits per heavy atom. The van der Waals surface area contributed by atoms with Crippen molar-refractivity contribution >= 4 is 17.9 Å². The van der Waals surface area contributed by atoms with Gasteiger partial charge in [0.25, 0.3) is 6.29 Å². The van der Waals surface area contributed by atoms with E-state index in [4.69, 9.17) is 18.9 Å². The van der Waals surface area contributed by atoms with Crippen molar-refractivity contribution in [3.05, 3.63) is 207 Å². The molecule has 0 fully saturated rings. The molecule has 2 atom stereocenters. The fraction of sp³-hybridized carbons (Fsp3) is 0.580. The van der Waals surface area contributed by atoms with E-state index < -0.39 is 24.3 Å². The lowest BCUT2D eigenvalue weighted by atomic mass is 10.1. The summed E-state index contributed by atoms with van der Waals surface area (Å²) in [5.74, 6) is -2.04. The van der Waals surface area contributed by atoms with Gasteiger partial charge in [0.15, 0.2) is 6.10 Å². The lowest BCUT2D eigenvalue weighted by Crippen LogP contribution is -2.40. The number of likely N-dealkylation sites (N-methyl/N-ethyl adjacent to an activating group) is 1. The molecule has 0 saturated carbocycles. The van der Waals surface area contributed by atoms with E-state index in [9.17, 15) is 19.5 Å². The lowest BCUT2D eigenvalue weighted by Gasteiger charge is -2.25. The van der Waals surface area contributed by atoms with Crippen LogP contribution in [0.3, 0.4) is 0 Å². The number of aliphatic carboxylic acids is 1. The molecule has 0 radical (unpaired) electrons. The molecular weight excluding hydrogens is 1200 g/mol. The second-order valence-electron chi connectivity index (χ2n) is 25.8. The minimum Gasteiger partial charge on any atom is -0.477 e. The number of allylic oxidation sites excluding steroid dienone is 34. The molecule has 0 heterocycles. The highest BCUT2D eigenvalue weighted by Crippen LogP contribution is 2.16. The highest BCUT2D eigenvalue weighted by molar-refractivity contribution is 5.71. The zero-order chi connectivity index (χ0) is 70.4. The number of carbonyl (C=O) groups is 3. The highest BCUT2D eigenvalue weighted by Gasteiger charge is 2.25. The summed E-state index contributed by atoms with van der Waals surface area (Å²) in [5, 5.41) is 9.77. The molecule has 544 valence electrons. The van der Waals surface area contributed by atoms with Gasteiger partial charge in [0.1, 0.15) is 13.2 Å². The van der Waals surface area contributed by atoms with Gasteiger partial charge in [-0.2, -0.15) is 0 Å². The van der Waals surface area contributed by atoms with E-state index in [1.165, 1.54) is 70.6 Å². The maximum Gasteiger partial charge on any atom is 0.361 e. The summed E-state index contributed by atoms with van der Waals surface area (Å²) in [6.45, 7) is 4.62. The van der Waals surface area contributed by atoms with Crippen LogP contribution in [0.1, 0.15) is 271 Å². The largest absolute Gasteiger partial charge is 0.477 e. The number of carbonyl (C=O) groups excluding carboxylic acids is 2. The number of carboxylic acids is 1. The molecule has 0 saturated heterocycles. The third-order valence-corrected chi connectivity index (χ3v) is 15.5. The molecule has 0 spiro atoms. The zero-order valence-electron chi connectivity index (χ0n) is 62.1. The maximum atomic E-state index is 13.0. The van der Waals surface area contributed by atoms with Crippen LogP contribution in [-0.4, -0.2) is 87.4 Å². The Labute approximate surface area is 594 Å². The quantitative estimate of drug-likeness (QED) is 0.0211. The van der Waals surface area contributed by atoms with Crippen molar-refractivity contribution in [2.24, 2.45) is 0 Å². The van der Waals surface area contributed by atoms with Crippen molar-refractivity contribution in [2.75, 3.05) is 47.5 Å². The summed E-state index contributed by atoms with van der Waals surface area (Å²) < 4.78 is 23.0. The Bertz CT molecular complexity index is 2350. The normalized spacial score (nSPS) is 13.9. The molecule has 0 rings (SSSR count). The fourth-order valence-electron chi connectivity index (χ4n) is 9.79. The number of ether oxygens (including phenoxy) is 4. The SMILES string of the molecule is CC/C=C\C/C=C\C/C=C\C/C=C\C/C=C\C/C=C\C/C=C\C/C=C\C/C=C\CCCCCCCCCCCC(=O)OC(COC(=O)CCCCCCCCCCCC/C=C\C/C=C\C/C=C\C/C=C\C/C=C\C/C=C\C/C=C\C/C=C\CC)COC(OCC[N+](C)(C)C)C(=O)O. The molecule has 0 aliphatic heterocycles. The summed E-state index contributed by atoms with van der Waals surface area (Å²) in [5.41, 5.74) is 0. The molecule has 0 aliphatic carbocycles. The summed E-state index contributed by atoms with van der Waals surface area (Å²) in [6.07, 6.45) is 115.